The number of rotatable bonds is 3. The first kappa shape index (κ1) is 17.5. The molecule has 1 aromatic carbocycles. The van der Waals surface area contributed by atoms with Gasteiger partial charge in [-0.25, -0.2) is 0 Å². The highest BCUT2D eigenvalue weighted by molar-refractivity contribution is 5.86. The van der Waals surface area contributed by atoms with Gasteiger partial charge >= 0.3 is 5.97 Å². The van der Waals surface area contributed by atoms with Gasteiger partial charge in [-0.15, -0.1) is 0 Å². The van der Waals surface area contributed by atoms with Crippen molar-refractivity contribution in [1.82, 2.24) is 15.1 Å². The third kappa shape index (κ3) is 3.83. The highest BCUT2D eigenvalue weighted by Gasteiger charge is 2.32. The van der Waals surface area contributed by atoms with Crippen molar-refractivity contribution in [3.8, 4) is 0 Å². The molecule has 0 saturated heterocycles. The number of carboxylic acid groups (broad SMARTS) is 1. The summed E-state index contributed by atoms with van der Waals surface area (Å²) >= 11 is 0. The van der Waals surface area contributed by atoms with E-state index in [0.717, 1.165) is 16.5 Å². The lowest BCUT2D eigenvalue weighted by molar-refractivity contribution is -0.145. The molecule has 0 radical (unpaired) electrons. The first-order valence-corrected chi connectivity index (χ1v) is 8.69. The van der Waals surface area contributed by atoms with Crippen molar-refractivity contribution in [2.24, 2.45) is 11.3 Å². The van der Waals surface area contributed by atoms with Gasteiger partial charge in [0.1, 0.15) is 0 Å². The van der Waals surface area contributed by atoms with Gasteiger partial charge in [0, 0.05) is 24.4 Å². The zero-order chi connectivity index (χ0) is 18.2. The molecular weight excluding hydrogens is 318 g/mol. The quantitative estimate of drug-likeness (QED) is 0.897. The van der Waals surface area contributed by atoms with E-state index in [1.807, 2.05) is 17.2 Å². The van der Waals surface area contributed by atoms with Gasteiger partial charge in [0.15, 0.2) is 0 Å². The summed E-state index contributed by atoms with van der Waals surface area (Å²) in [6.07, 6.45) is 2.97. The number of nitrogens with zero attached hydrogens (tertiary/aromatic N) is 2. The number of carboxylic acids is 1. The lowest BCUT2D eigenvalue weighted by Gasteiger charge is -2.35. The third-order valence-electron chi connectivity index (χ3n) is 4.69. The Morgan fingerprint density at radius 1 is 1.40 bits per heavy atom. The number of carbonyl (C=O) groups is 2. The predicted molar refractivity (Wildman–Crippen MR) is 95.0 cm³/mol. The summed E-state index contributed by atoms with van der Waals surface area (Å²) in [5.41, 5.74) is 3.20. The van der Waals surface area contributed by atoms with Gasteiger partial charge in [0.2, 0.25) is 5.91 Å². The lowest BCUT2D eigenvalue weighted by Crippen LogP contribution is -2.42. The molecule has 3 rings (SSSR count). The minimum absolute atomic E-state index is 0.0523. The highest BCUT2D eigenvalue weighted by atomic mass is 16.4. The maximum Gasteiger partial charge on any atom is 0.304 e. The van der Waals surface area contributed by atoms with Gasteiger partial charge in [-0.3, -0.25) is 14.7 Å². The molecule has 0 saturated carbocycles. The molecule has 1 amide bonds. The maximum absolute atomic E-state index is 13.0. The lowest BCUT2D eigenvalue weighted by atomic mass is 9.87. The van der Waals surface area contributed by atoms with Crippen LogP contribution < -0.4 is 0 Å². The standard InChI is InChI=1S/C19H25N3O3/c1-19(2,3)11-22-10-15-12(6-7-16-14(15)9-20-21-16)4-5-13(18(22)25)8-17(23)24/h6-7,9,13H,4-5,8,10-11H2,1-3H3,(H,20,21)(H,23,24)/t13-/m0/s1. The Hall–Kier alpha value is -2.37. The molecule has 2 heterocycles. The summed E-state index contributed by atoms with van der Waals surface area (Å²) in [5, 5.41) is 17.3. The minimum atomic E-state index is -0.917. The van der Waals surface area contributed by atoms with Crippen molar-refractivity contribution in [3.63, 3.8) is 0 Å². The van der Waals surface area contributed by atoms with Gasteiger partial charge in [-0.2, -0.15) is 5.10 Å². The molecule has 1 atom stereocenters. The number of aromatic amines is 1. The molecule has 2 N–H and O–H groups in total. The molecule has 1 aromatic heterocycles. The van der Waals surface area contributed by atoms with Crippen LogP contribution in [0.3, 0.4) is 0 Å². The SMILES string of the molecule is CC(C)(C)CN1Cc2c(ccc3[nH]ncc23)CC[C@@H](CC(=O)O)C1=O. The largest absolute Gasteiger partial charge is 0.481 e. The number of carbonyl (C=O) groups excluding carboxylic acids is 1. The number of fused-ring (bicyclic) bond motifs is 3. The first-order valence-electron chi connectivity index (χ1n) is 8.69. The fourth-order valence-electron chi connectivity index (χ4n) is 3.63. The smallest absolute Gasteiger partial charge is 0.304 e. The molecule has 0 aliphatic carbocycles. The Kier molecular flexibility index (Phi) is 4.54. The van der Waals surface area contributed by atoms with Crippen LogP contribution in [0.15, 0.2) is 18.3 Å². The van der Waals surface area contributed by atoms with Gasteiger partial charge in [0.05, 0.1) is 18.1 Å². The Balaban J connectivity index is 2.03. The van der Waals surface area contributed by atoms with Crippen LogP contribution in [0.1, 0.15) is 44.7 Å². The number of amides is 1. The average Bonchev–Trinajstić information content (AvgIpc) is 2.97. The summed E-state index contributed by atoms with van der Waals surface area (Å²) in [6.45, 7) is 7.36. The molecule has 134 valence electrons. The molecule has 25 heavy (non-hydrogen) atoms. The summed E-state index contributed by atoms with van der Waals surface area (Å²) in [6, 6.07) is 4.07. The molecule has 0 spiro atoms. The second kappa shape index (κ2) is 6.50. The number of aromatic nitrogens is 2. The Labute approximate surface area is 147 Å². The van der Waals surface area contributed by atoms with E-state index in [1.165, 1.54) is 5.56 Å². The van der Waals surface area contributed by atoms with Crippen LogP contribution in [0.25, 0.3) is 10.9 Å². The molecule has 6 heteroatoms. The van der Waals surface area contributed by atoms with Crippen LogP contribution in [0.2, 0.25) is 0 Å². The molecule has 0 unspecified atom stereocenters. The number of aryl methyl sites for hydroxylation is 1. The number of benzene rings is 1. The Morgan fingerprint density at radius 3 is 2.84 bits per heavy atom. The number of hydrogen-bond donors (Lipinski definition) is 2. The van der Waals surface area contributed by atoms with Crippen LogP contribution >= 0.6 is 0 Å². The van der Waals surface area contributed by atoms with Crippen molar-refractivity contribution in [1.29, 1.82) is 0 Å². The first-order chi connectivity index (χ1) is 11.7. The van der Waals surface area contributed by atoms with Crippen molar-refractivity contribution in [3.05, 3.63) is 29.5 Å². The zero-order valence-electron chi connectivity index (χ0n) is 15.0. The molecular formula is C19H25N3O3. The van der Waals surface area contributed by atoms with Crippen molar-refractivity contribution < 1.29 is 14.7 Å². The fourth-order valence-corrected chi connectivity index (χ4v) is 3.63. The number of H-pyrrole nitrogens is 1. The summed E-state index contributed by atoms with van der Waals surface area (Å²) in [4.78, 5) is 26.1. The van der Waals surface area contributed by atoms with Crippen LogP contribution in [-0.2, 0) is 22.6 Å². The van der Waals surface area contributed by atoms with E-state index in [2.05, 4.69) is 37.0 Å². The van der Waals surface area contributed by atoms with Crippen LogP contribution in [-0.4, -0.2) is 38.6 Å². The third-order valence-corrected chi connectivity index (χ3v) is 4.69. The van der Waals surface area contributed by atoms with E-state index < -0.39 is 11.9 Å². The van der Waals surface area contributed by atoms with E-state index in [0.29, 0.717) is 25.9 Å². The van der Waals surface area contributed by atoms with E-state index in [9.17, 15) is 14.7 Å². The van der Waals surface area contributed by atoms with Crippen LogP contribution in [0.4, 0.5) is 0 Å². The van der Waals surface area contributed by atoms with Crippen molar-refractivity contribution in [2.45, 2.75) is 46.6 Å². The zero-order valence-corrected chi connectivity index (χ0v) is 15.0. The van der Waals surface area contributed by atoms with Crippen LogP contribution in [0.5, 0.6) is 0 Å². The monoisotopic (exact) mass is 343 g/mol. The number of nitrogens with one attached hydrogen (secondary N) is 1. The normalized spacial score (nSPS) is 18.8. The predicted octanol–water partition coefficient (Wildman–Crippen LogP) is 2.97. The van der Waals surface area contributed by atoms with Gasteiger partial charge in [-0.1, -0.05) is 26.8 Å². The molecule has 6 nitrogen and oxygen atoms in total. The van der Waals surface area contributed by atoms with Gasteiger partial charge in [0.25, 0.3) is 0 Å². The van der Waals surface area contributed by atoms with Crippen LogP contribution in [0, 0.1) is 11.3 Å². The average molecular weight is 343 g/mol. The van der Waals surface area contributed by atoms with E-state index >= 15 is 0 Å². The Morgan fingerprint density at radius 2 is 2.16 bits per heavy atom. The summed E-state index contributed by atoms with van der Waals surface area (Å²) in [5.74, 6) is -1.43. The second-order valence-corrected chi connectivity index (χ2v) is 8.12. The molecule has 1 aliphatic rings. The molecule has 0 fully saturated rings. The second-order valence-electron chi connectivity index (χ2n) is 8.12. The number of hydrogen-bond acceptors (Lipinski definition) is 3. The number of aliphatic carboxylic acids is 1. The minimum Gasteiger partial charge on any atom is -0.481 e. The molecule has 0 bridgehead atoms. The Bertz CT molecular complexity index is 804. The van der Waals surface area contributed by atoms with Gasteiger partial charge in [-0.05, 0) is 35.4 Å². The van der Waals surface area contributed by atoms with E-state index in [-0.39, 0.29) is 17.7 Å². The fraction of sp³-hybridized carbons (Fsp3) is 0.526. The van der Waals surface area contributed by atoms with E-state index in [4.69, 9.17) is 0 Å². The maximum atomic E-state index is 13.0. The molecule has 2 aromatic rings. The highest BCUT2D eigenvalue weighted by Crippen LogP contribution is 2.30. The van der Waals surface area contributed by atoms with Crippen molar-refractivity contribution in [2.75, 3.05) is 6.54 Å². The van der Waals surface area contributed by atoms with E-state index in [1.54, 1.807) is 0 Å². The van der Waals surface area contributed by atoms with Crippen molar-refractivity contribution >= 4 is 22.8 Å². The van der Waals surface area contributed by atoms with Gasteiger partial charge < -0.3 is 10.0 Å². The topological polar surface area (TPSA) is 86.3 Å². The summed E-state index contributed by atoms with van der Waals surface area (Å²) in [7, 11) is 0. The molecule has 1 aliphatic heterocycles. The summed E-state index contributed by atoms with van der Waals surface area (Å²) < 4.78 is 0.